The van der Waals surface area contributed by atoms with Crippen molar-refractivity contribution in [3.63, 3.8) is 0 Å². The van der Waals surface area contributed by atoms with Crippen molar-refractivity contribution in [3.05, 3.63) is 32.4 Å². The minimum Gasteiger partial charge on any atom is -0.315 e. The van der Waals surface area contributed by atoms with Gasteiger partial charge in [-0.3, -0.25) is 0 Å². The van der Waals surface area contributed by atoms with Gasteiger partial charge in [-0.1, -0.05) is 6.92 Å². The third-order valence-electron chi connectivity index (χ3n) is 2.65. The van der Waals surface area contributed by atoms with E-state index in [1.165, 1.54) is 22.7 Å². The van der Waals surface area contributed by atoms with Crippen LogP contribution in [0, 0.1) is 0 Å². The van der Waals surface area contributed by atoms with Crippen LogP contribution in [-0.4, -0.2) is 20.4 Å². The summed E-state index contributed by atoms with van der Waals surface area (Å²) >= 11 is 2.97. The van der Waals surface area contributed by atoms with Crippen molar-refractivity contribution >= 4 is 32.7 Å². The molecule has 0 saturated carbocycles. The first-order valence-electron chi connectivity index (χ1n) is 6.20. The van der Waals surface area contributed by atoms with Crippen LogP contribution in [0.2, 0.25) is 0 Å². The molecule has 2 rings (SSSR count). The average Bonchev–Trinajstić information content (AvgIpc) is 3.06. The number of rotatable bonds is 7. The second-order valence-electron chi connectivity index (χ2n) is 4.18. The van der Waals surface area contributed by atoms with Gasteiger partial charge in [0.25, 0.3) is 0 Å². The van der Waals surface area contributed by atoms with Crippen LogP contribution in [0.15, 0.2) is 22.5 Å². The number of nitrogens with zero attached hydrogens (tertiary/aromatic N) is 1. The molecule has 0 bridgehead atoms. The van der Waals surface area contributed by atoms with Gasteiger partial charge in [-0.05, 0) is 19.5 Å². The Hall–Kier alpha value is -0.800. The van der Waals surface area contributed by atoms with E-state index in [0.717, 1.165) is 21.2 Å². The number of thiophene rings is 1. The first kappa shape index (κ1) is 15.6. The summed E-state index contributed by atoms with van der Waals surface area (Å²) in [5, 5.41) is 5.45. The first-order chi connectivity index (χ1) is 9.55. The lowest BCUT2D eigenvalue weighted by Gasteiger charge is -2.02. The molecule has 2 N–H and O–H groups in total. The van der Waals surface area contributed by atoms with E-state index < -0.39 is 10.0 Å². The Balaban J connectivity index is 2.02. The Morgan fingerprint density at radius 2 is 2.10 bits per heavy atom. The fraction of sp³-hybridized carbons (Fsp3) is 0.417. The highest BCUT2D eigenvalue weighted by Crippen LogP contribution is 2.20. The van der Waals surface area contributed by atoms with Gasteiger partial charge in [0.15, 0.2) is 0 Å². The third-order valence-corrected chi connectivity index (χ3v) is 6.26. The summed E-state index contributed by atoms with van der Waals surface area (Å²) in [7, 11) is -1.62. The molecule has 2 heterocycles. The monoisotopic (exact) mass is 331 g/mol. The largest absolute Gasteiger partial charge is 0.315 e. The molecule has 2 aromatic heterocycles. The highest BCUT2D eigenvalue weighted by molar-refractivity contribution is 7.89. The molecule has 2 aromatic rings. The summed E-state index contributed by atoms with van der Waals surface area (Å²) in [5.41, 5.74) is 0. The zero-order valence-corrected chi connectivity index (χ0v) is 13.8. The Morgan fingerprint density at radius 1 is 1.30 bits per heavy atom. The van der Waals surface area contributed by atoms with E-state index in [9.17, 15) is 8.42 Å². The van der Waals surface area contributed by atoms with Crippen LogP contribution in [0.5, 0.6) is 0 Å². The lowest BCUT2D eigenvalue weighted by atomic mass is 10.4. The molecule has 0 amide bonds. The van der Waals surface area contributed by atoms with E-state index >= 15 is 0 Å². The van der Waals surface area contributed by atoms with Crippen molar-refractivity contribution in [1.29, 1.82) is 0 Å². The van der Waals surface area contributed by atoms with Crippen LogP contribution >= 0.6 is 22.7 Å². The lowest BCUT2D eigenvalue weighted by molar-refractivity contribution is 0.581. The topological polar surface area (TPSA) is 71.1 Å². The van der Waals surface area contributed by atoms with Gasteiger partial charge in [0.2, 0.25) is 10.0 Å². The second-order valence-corrected chi connectivity index (χ2v) is 8.14. The quantitative estimate of drug-likeness (QED) is 0.814. The van der Waals surface area contributed by atoms with Crippen molar-refractivity contribution in [2.45, 2.75) is 31.3 Å². The molecule has 0 aliphatic rings. The Labute approximate surface area is 127 Å². The molecule has 0 atom stereocenters. The number of hydrogen-bond acceptors (Lipinski definition) is 6. The van der Waals surface area contributed by atoms with E-state index in [4.69, 9.17) is 0 Å². The van der Waals surface area contributed by atoms with Gasteiger partial charge in [0.05, 0.1) is 11.4 Å². The minimum atomic E-state index is -3.45. The number of aromatic nitrogens is 1. The molecule has 8 heteroatoms. The molecular formula is C12H17N3O2S3. The van der Waals surface area contributed by atoms with Gasteiger partial charge in [-0.15, -0.1) is 22.7 Å². The van der Waals surface area contributed by atoms with Crippen molar-refractivity contribution in [1.82, 2.24) is 15.0 Å². The third kappa shape index (κ3) is 3.86. The minimum absolute atomic E-state index is 0.240. The number of nitrogens with one attached hydrogen (secondary N) is 2. The summed E-state index contributed by atoms with van der Waals surface area (Å²) in [6, 6.07) is 1.70. The van der Waals surface area contributed by atoms with E-state index in [0.29, 0.717) is 11.4 Å². The standard InChI is InChI=1S/C12H17N3O2S3/c1-3-9-6-14-12(19-9)7-15-20(16,17)11-4-10(5-13-2)18-8-11/h4,6,8,13,15H,3,5,7H2,1-2H3. The van der Waals surface area contributed by atoms with Gasteiger partial charge < -0.3 is 5.32 Å². The van der Waals surface area contributed by atoms with Crippen molar-refractivity contribution < 1.29 is 8.42 Å². The van der Waals surface area contributed by atoms with Gasteiger partial charge in [0, 0.05) is 27.9 Å². The molecule has 0 spiro atoms. The average molecular weight is 331 g/mol. The SMILES string of the molecule is CCc1cnc(CNS(=O)(=O)c2csc(CNC)c2)s1. The summed E-state index contributed by atoms with van der Waals surface area (Å²) in [6.45, 7) is 2.97. The van der Waals surface area contributed by atoms with E-state index in [1.807, 2.05) is 7.05 Å². The Kier molecular flexibility index (Phi) is 5.28. The number of hydrogen-bond donors (Lipinski definition) is 2. The Morgan fingerprint density at radius 3 is 2.75 bits per heavy atom. The molecule has 0 saturated heterocycles. The first-order valence-corrected chi connectivity index (χ1v) is 9.38. The summed E-state index contributed by atoms with van der Waals surface area (Å²) in [4.78, 5) is 6.68. The van der Waals surface area contributed by atoms with E-state index in [1.54, 1.807) is 17.6 Å². The number of aryl methyl sites for hydroxylation is 1. The van der Waals surface area contributed by atoms with Gasteiger partial charge >= 0.3 is 0 Å². The Bertz CT molecular complexity index is 661. The van der Waals surface area contributed by atoms with E-state index in [-0.39, 0.29) is 6.54 Å². The predicted molar refractivity (Wildman–Crippen MR) is 82.6 cm³/mol. The maximum atomic E-state index is 12.2. The molecule has 20 heavy (non-hydrogen) atoms. The van der Waals surface area contributed by atoms with Gasteiger partial charge in [0.1, 0.15) is 5.01 Å². The fourth-order valence-corrected chi connectivity index (χ4v) is 4.77. The van der Waals surface area contributed by atoms with Crippen molar-refractivity contribution in [2.24, 2.45) is 0 Å². The lowest BCUT2D eigenvalue weighted by Crippen LogP contribution is -2.22. The smallest absolute Gasteiger partial charge is 0.241 e. The zero-order chi connectivity index (χ0) is 14.6. The zero-order valence-electron chi connectivity index (χ0n) is 11.3. The predicted octanol–water partition coefficient (Wildman–Crippen LogP) is 1.96. The van der Waals surface area contributed by atoms with Gasteiger partial charge in [-0.25, -0.2) is 18.1 Å². The van der Waals surface area contributed by atoms with Crippen LogP contribution in [0.4, 0.5) is 0 Å². The maximum absolute atomic E-state index is 12.2. The van der Waals surface area contributed by atoms with Crippen molar-refractivity contribution in [2.75, 3.05) is 7.05 Å². The van der Waals surface area contributed by atoms with Gasteiger partial charge in [-0.2, -0.15) is 0 Å². The molecule has 0 aromatic carbocycles. The molecule has 5 nitrogen and oxygen atoms in total. The van der Waals surface area contributed by atoms with Crippen LogP contribution in [0.25, 0.3) is 0 Å². The molecule has 110 valence electrons. The normalized spacial score (nSPS) is 11.9. The second kappa shape index (κ2) is 6.77. The molecule has 0 aliphatic carbocycles. The molecule has 0 unspecified atom stereocenters. The molecule has 0 aliphatic heterocycles. The summed E-state index contributed by atoms with van der Waals surface area (Å²) < 4.78 is 26.9. The van der Waals surface area contributed by atoms with E-state index in [2.05, 4.69) is 21.9 Å². The van der Waals surface area contributed by atoms with Crippen LogP contribution in [0.1, 0.15) is 21.7 Å². The molecule has 0 fully saturated rings. The molecule has 0 radical (unpaired) electrons. The summed E-state index contributed by atoms with van der Waals surface area (Å²) in [6.07, 6.45) is 2.71. The van der Waals surface area contributed by atoms with Crippen molar-refractivity contribution in [3.8, 4) is 0 Å². The highest BCUT2D eigenvalue weighted by Gasteiger charge is 2.16. The van der Waals surface area contributed by atoms with Crippen LogP contribution in [-0.2, 0) is 29.5 Å². The number of thiazole rings is 1. The summed E-state index contributed by atoms with van der Waals surface area (Å²) in [5.74, 6) is 0. The fourth-order valence-electron chi connectivity index (χ4n) is 1.60. The molecular weight excluding hydrogens is 314 g/mol. The maximum Gasteiger partial charge on any atom is 0.241 e. The highest BCUT2D eigenvalue weighted by atomic mass is 32.2. The number of sulfonamides is 1. The van der Waals surface area contributed by atoms with Crippen LogP contribution in [0.3, 0.4) is 0 Å². The van der Waals surface area contributed by atoms with Crippen LogP contribution < -0.4 is 10.0 Å².